The second-order valence-electron chi connectivity index (χ2n) is 4.96. The lowest BCUT2D eigenvalue weighted by atomic mass is 9.64. The molecule has 0 aliphatic heterocycles. The molecule has 1 fully saturated rings. The molecular weight excluding hydrogens is 294 g/mol. The normalized spacial score (nSPS) is 17.2. The van der Waals surface area contributed by atoms with Crippen LogP contribution in [-0.4, -0.2) is 20.8 Å². The van der Waals surface area contributed by atoms with Gasteiger partial charge in [-0.05, 0) is 47.3 Å². The molecule has 100 valence electrons. The molecule has 1 saturated carbocycles. The lowest BCUT2D eigenvalue weighted by molar-refractivity contribution is 0.241. The third kappa shape index (κ3) is 1.91. The molecule has 18 heavy (non-hydrogen) atoms. The van der Waals surface area contributed by atoms with Crippen LogP contribution < -0.4 is 15.2 Å². The summed E-state index contributed by atoms with van der Waals surface area (Å²) < 4.78 is 12.0. The average Bonchev–Trinajstić information content (AvgIpc) is 2.31. The van der Waals surface area contributed by atoms with Crippen molar-refractivity contribution in [2.75, 3.05) is 20.8 Å². The van der Waals surface area contributed by atoms with Crippen LogP contribution >= 0.6 is 15.9 Å². The maximum atomic E-state index is 6.01. The van der Waals surface area contributed by atoms with E-state index in [0.29, 0.717) is 6.54 Å². The Balaban J connectivity index is 2.64. The molecule has 2 rings (SSSR count). The van der Waals surface area contributed by atoms with Crippen LogP contribution in [0.1, 0.15) is 30.4 Å². The van der Waals surface area contributed by atoms with E-state index in [4.69, 9.17) is 15.2 Å². The molecule has 0 atom stereocenters. The van der Waals surface area contributed by atoms with Crippen LogP contribution in [0.3, 0.4) is 0 Å². The highest BCUT2D eigenvalue weighted by atomic mass is 79.9. The van der Waals surface area contributed by atoms with Crippen molar-refractivity contribution < 1.29 is 9.47 Å². The Hall–Kier alpha value is -0.740. The highest BCUT2D eigenvalue weighted by Crippen LogP contribution is 2.52. The van der Waals surface area contributed by atoms with E-state index in [0.717, 1.165) is 34.4 Å². The first kappa shape index (κ1) is 13.7. The van der Waals surface area contributed by atoms with E-state index in [2.05, 4.69) is 15.9 Å². The highest BCUT2D eigenvalue weighted by Gasteiger charge is 2.42. The van der Waals surface area contributed by atoms with Crippen molar-refractivity contribution in [2.45, 2.75) is 31.6 Å². The summed E-state index contributed by atoms with van der Waals surface area (Å²) in [7, 11) is 3.40. The first-order valence-corrected chi connectivity index (χ1v) is 7.00. The Labute approximate surface area is 117 Å². The number of methoxy groups -OCH3 is 2. The van der Waals surface area contributed by atoms with Gasteiger partial charge in [0.25, 0.3) is 0 Å². The lowest BCUT2D eigenvalue weighted by Gasteiger charge is -2.43. The van der Waals surface area contributed by atoms with Gasteiger partial charge < -0.3 is 15.2 Å². The first-order chi connectivity index (χ1) is 8.59. The second kappa shape index (κ2) is 5.10. The van der Waals surface area contributed by atoms with Gasteiger partial charge in [-0.25, -0.2) is 0 Å². The third-order valence-corrected chi connectivity index (χ3v) is 4.78. The summed E-state index contributed by atoms with van der Waals surface area (Å²) >= 11 is 3.67. The lowest BCUT2D eigenvalue weighted by Crippen LogP contribution is -2.42. The Morgan fingerprint density at radius 1 is 1.33 bits per heavy atom. The smallest absolute Gasteiger partial charge is 0.136 e. The number of nitrogens with two attached hydrogens (primary N) is 1. The summed E-state index contributed by atoms with van der Waals surface area (Å²) in [5.74, 6) is 1.79. The molecule has 4 heteroatoms. The summed E-state index contributed by atoms with van der Waals surface area (Å²) in [5, 5.41) is 0. The molecule has 1 aromatic carbocycles. The predicted octanol–water partition coefficient (Wildman–Crippen LogP) is 3.16. The summed E-state index contributed by atoms with van der Waals surface area (Å²) in [6, 6.07) is 2.04. The number of ether oxygens (including phenoxy) is 2. The van der Waals surface area contributed by atoms with Crippen LogP contribution in [0.2, 0.25) is 0 Å². The van der Waals surface area contributed by atoms with Gasteiger partial charge in [0, 0.05) is 17.5 Å². The zero-order valence-corrected chi connectivity index (χ0v) is 12.8. The average molecular weight is 314 g/mol. The molecule has 0 bridgehead atoms. The molecule has 0 aromatic heterocycles. The van der Waals surface area contributed by atoms with E-state index in [1.165, 1.54) is 12.0 Å². The minimum Gasteiger partial charge on any atom is -0.496 e. The van der Waals surface area contributed by atoms with Crippen molar-refractivity contribution in [1.29, 1.82) is 0 Å². The van der Waals surface area contributed by atoms with Crippen LogP contribution in [0, 0.1) is 6.92 Å². The van der Waals surface area contributed by atoms with Gasteiger partial charge >= 0.3 is 0 Å². The Morgan fingerprint density at radius 2 is 2.00 bits per heavy atom. The maximum absolute atomic E-state index is 6.01. The van der Waals surface area contributed by atoms with E-state index >= 15 is 0 Å². The van der Waals surface area contributed by atoms with Crippen LogP contribution in [0.25, 0.3) is 0 Å². The summed E-state index contributed by atoms with van der Waals surface area (Å²) in [6.45, 7) is 2.67. The standard InChI is InChI=1S/C14H20BrNO2/c1-9-7-10(17-2)11(12(15)13(9)18-3)14(8-16)5-4-6-14/h7H,4-6,8,16H2,1-3H3. The molecular formula is C14H20BrNO2. The zero-order chi connectivity index (χ0) is 13.3. The Kier molecular flexibility index (Phi) is 3.87. The van der Waals surface area contributed by atoms with Gasteiger partial charge in [-0.15, -0.1) is 0 Å². The second-order valence-corrected chi connectivity index (χ2v) is 5.75. The molecule has 0 spiro atoms. The van der Waals surface area contributed by atoms with E-state index < -0.39 is 0 Å². The van der Waals surface area contributed by atoms with Crippen molar-refractivity contribution in [2.24, 2.45) is 5.73 Å². The van der Waals surface area contributed by atoms with Crippen LogP contribution in [0.4, 0.5) is 0 Å². The van der Waals surface area contributed by atoms with Gasteiger partial charge in [0.15, 0.2) is 0 Å². The fraction of sp³-hybridized carbons (Fsp3) is 0.571. The van der Waals surface area contributed by atoms with Gasteiger partial charge in [-0.2, -0.15) is 0 Å². The third-order valence-electron chi connectivity index (χ3n) is 4.03. The van der Waals surface area contributed by atoms with Gasteiger partial charge in [-0.1, -0.05) is 6.42 Å². The van der Waals surface area contributed by atoms with Crippen molar-refractivity contribution in [3.05, 3.63) is 21.7 Å². The quantitative estimate of drug-likeness (QED) is 0.928. The first-order valence-electron chi connectivity index (χ1n) is 6.21. The fourth-order valence-corrected chi connectivity index (χ4v) is 3.89. The van der Waals surface area contributed by atoms with E-state index in [1.807, 2.05) is 13.0 Å². The van der Waals surface area contributed by atoms with E-state index in [-0.39, 0.29) is 5.41 Å². The van der Waals surface area contributed by atoms with Crippen LogP contribution in [0.15, 0.2) is 10.5 Å². The molecule has 0 unspecified atom stereocenters. The van der Waals surface area contributed by atoms with Gasteiger partial charge in [-0.3, -0.25) is 0 Å². The Morgan fingerprint density at radius 3 is 2.39 bits per heavy atom. The van der Waals surface area contributed by atoms with E-state index in [1.54, 1.807) is 14.2 Å². The monoisotopic (exact) mass is 313 g/mol. The van der Waals surface area contributed by atoms with Crippen molar-refractivity contribution >= 4 is 15.9 Å². The number of benzene rings is 1. The SMILES string of the molecule is COc1cc(C)c(OC)c(Br)c1C1(CN)CCC1. The maximum Gasteiger partial charge on any atom is 0.136 e. The molecule has 0 heterocycles. The minimum atomic E-state index is 0.0468. The highest BCUT2D eigenvalue weighted by molar-refractivity contribution is 9.10. The summed E-state index contributed by atoms with van der Waals surface area (Å²) in [6.07, 6.45) is 3.46. The van der Waals surface area contributed by atoms with Crippen molar-refractivity contribution in [3.63, 3.8) is 0 Å². The number of rotatable bonds is 4. The molecule has 1 aliphatic carbocycles. The number of halogens is 1. The van der Waals surface area contributed by atoms with Crippen LogP contribution in [-0.2, 0) is 5.41 Å². The van der Waals surface area contributed by atoms with Gasteiger partial charge in [0.05, 0.1) is 18.7 Å². The largest absolute Gasteiger partial charge is 0.496 e. The molecule has 2 N–H and O–H groups in total. The zero-order valence-electron chi connectivity index (χ0n) is 11.2. The number of aryl methyl sites for hydroxylation is 1. The van der Waals surface area contributed by atoms with Gasteiger partial charge in [0.1, 0.15) is 11.5 Å². The Bertz CT molecular complexity index is 450. The van der Waals surface area contributed by atoms with Crippen LogP contribution in [0.5, 0.6) is 11.5 Å². The molecule has 3 nitrogen and oxygen atoms in total. The fourth-order valence-electron chi connectivity index (χ4n) is 2.79. The molecule has 0 radical (unpaired) electrons. The van der Waals surface area contributed by atoms with Crippen molar-refractivity contribution in [3.8, 4) is 11.5 Å². The number of hydrogen-bond donors (Lipinski definition) is 1. The minimum absolute atomic E-state index is 0.0468. The predicted molar refractivity (Wildman–Crippen MR) is 76.6 cm³/mol. The molecule has 0 amide bonds. The summed E-state index contributed by atoms with van der Waals surface area (Å²) in [5.41, 5.74) is 8.29. The van der Waals surface area contributed by atoms with Crippen molar-refractivity contribution in [1.82, 2.24) is 0 Å². The van der Waals surface area contributed by atoms with E-state index in [9.17, 15) is 0 Å². The topological polar surface area (TPSA) is 44.5 Å². The molecule has 0 saturated heterocycles. The molecule has 1 aromatic rings. The number of hydrogen-bond acceptors (Lipinski definition) is 3. The summed E-state index contributed by atoms with van der Waals surface area (Å²) in [4.78, 5) is 0. The molecule has 1 aliphatic rings. The van der Waals surface area contributed by atoms with Gasteiger partial charge in [0.2, 0.25) is 0 Å².